The molecule has 1 aromatic carbocycles. The molecule has 1 aliphatic heterocycles. The highest BCUT2D eigenvalue weighted by Crippen LogP contribution is 2.35. The number of rotatable bonds is 3. The average Bonchev–Trinajstić information content (AvgIpc) is 3.03. The van der Waals surface area contributed by atoms with Crippen molar-refractivity contribution in [3.8, 4) is 0 Å². The Balaban J connectivity index is 2.13. The van der Waals surface area contributed by atoms with Crippen LogP contribution in [0.1, 0.15) is 26.7 Å². The molecule has 0 N–H and O–H groups in total. The van der Waals surface area contributed by atoms with Gasteiger partial charge in [-0.05, 0) is 12.1 Å². The quantitative estimate of drug-likeness (QED) is 0.847. The molecule has 3 rings (SSSR count). The minimum absolute atomic E-state index is 0.0134. The zero-order valence-electron chi connectivity index (χ0n) is 14.2. The van der Waals surface area contributed by atoms with E-state index in [2.05, 4.69) is 4.98 Å². The first kappa shape index (κ1) is 17.0. The van der Waals surface area contributed by atoms with Crippen LogP contribution in [0.3, 0.4) is 0 Å². The first-order chi connectivity index (χ1) is 11.3. The molecular formula is C17H22N2O4S. The van der Waals surface area contributed by atoms with Crippen molar-refractivity contribution in [3.63, 3.8) is 0 Å². The lowest BCUT2D eigenvalue weighted by Crippen LogP contribution is -2.36. The molecule has 1 aliphatic rings. The van der Waals surface area contributed by atoms with Crippen LogP contribution in [0.25, 0.3) is 0 Å². The summed E-state index contributed by atoms with van der Waals surface area (Å²) in [4.78, 5) is 6.47. The highest BCUT2D eigenvalue weighted by molar-refractivity contribution is 7.91. The van der Waals surface area contributed by atoms with Crippen LogP contribution >= 0.6 is 0 Å². The molecule has 0 spiro atoms. The minimum Gasteiger partial charge on any atom is -0.423 e. The summed E-state index contributed by atoms with van der Waals surface area (Å²) in [5, 5.41) is -0.0134. The number of ether oxygens (including phenoxy) is 1. The van der Waals surface area contributed by atoms with Gasteiger partial charge in [0.15, 0.2) is 0 Å². The Kier molecular flexibility index (Phi) is 4.40. The maximum absolute atomic E-state index is 13.1. The second-order valence-electron chi connectivity index (χ2n) is 6.80. The molecule has 0 unspecified atom stereocenters. The predicted molar refractivity (Wildman–Crippen MR) is 90.1 cm³/mol. The zero-order valence-corrected chi connectivity index (χ0v) is 15.0. The summed E-state index contributed by atoms with van der Waals surface area (Å²) in [7, 11) is -3.75. The van der Waals surface area contributed by atoms with Crippen molar-refractivity contribution >= 4 is 15.7 Å². The van der Waals surface area contributed by atoms with Crippen LogP contribution in [0.2, 0.25) is 0 Å². The van der Waals surface area contributed by atoms with E-state index in [0.29, 0.717) is 38.1 Å². The van der Waals surface area contributed by atoms with Gasteiger partial charge in [0.05, 0.1) is 18.1 Å². The van der Waals surface area contributed by atoms with E-state index in [1.165, 1.54) is 0 Å². The lowest BCUT2D eigenvalue weighted by atomic mass is 9.97. The van der Waals surface area contributed by atoms with Gasteiger partial charge in [-0.3, -0.25) is 0 Å². The Hall–Kier alpha value is -1.86. The minimum atomic E-state index is -3.75. The second-order valence-corrected chi connectivity index (χ2v) is 8.66. The van der Waals surface area contributed by atoms with Crippen molar-refractivity contribution in [1.29, 1.82) is 0 Å². The van der Waals surface area contributed by atoms with Gasteiger partial charge in [-0.15, -0.1) is 0 Å². The van der Waals surface area contributed by atoms with Crippen LogP contribution in [-0.2, 0) is 20.0 Å². The Morgan fingerprint density at radius 2 is 1.71 bits per heavy atom. The molecule has 130 valence electrons. The predicted octanol–water partition coefficient (Wildman–Crippen LogP) is 2.64. The maximum atomic E-state index is 13.1. The highest BCUT2D eigenvalue weighted by atomic mass is 32.2. The summed E-state index contributed by atoms with van der Waals surface area (Å²) in [5.74, 6) is 0.727. The molecule has 1 saturated heterocycles. The first-order valence-electron chi connectivity index (χ1n) is 7.94. The largest absolute Gasteiger partial charge is 0.423 e. The van der Waals surface area contributed by atoms with Gasteiger partial charge >= 0.3 is 0 Å². The molecule has 0 radical (unpaired) electrons. The normalized spacial score (nSPS) is 16.4. The molecule has 0 atom stereocenters. The Bertz CT molecular complexity index is 801. The van der Waals surface area contributed by atoms with Crippen molar-refractivity contribution in [3.05, 3.63) is 36.2 Å². The third-order valence-electron chi connectivity index (χ3n) is 3.83. The van der Waals surface area contributed by atoms with Crippen LogP contribution in [-0.4, -0.2) is 39.7 Å². The van der Waals surface area contributed by atoms with Crippen LogP contribution < -0.4 is 4.90 Å². The number of oxazole rings is 1. The number of aromatic nitrogens is 1. The van der Waals surface area contributed by atoms with E-state index >= 15 is 0 Å². The van der Waals surface area contributed by atoms with Crippen LogP contribution in [0.5, 0.6) is 0 Å². The Labute approximate surface area is 142 Å². The molecule has 2 heterocycles. The molecule has 1 aromatic heterocycles. The van der Waals surface area contributed by atoms with Crippen molar-refractivity contribution in [2.45, 2.75) is 36.1 Å². The lowest BCUT2D eigenvalue weighted by molar-refractivity contribution is 0.120. The molecule has 0 bridgehead atoms. The van der Waals surface area contributed by atoms with E-state index in [-0.39, 0.29) is 15.3 Å². The van der Waals surface area contributed by atoms with Gasteiger partial charge in [0, 0.05) is 18.5 Å². The third kappa shape index (κ3) is 3.18. The summed E-state index contributed by atoms with van der Waals surface area (Å²) in [6.45, 7) is 8.07. The van der Waals surface area contributed by atoms with Crippen molar-refractivity contribution in [2.24, 2.45) is 0 Å². The summed E-state index contributed by atoms with van der Waals surface area (Å²) >= 11 is 0. The van der Waals surface area contributed by atoms with Gasteiger partial charge in [-0.25, -0.2) is 8.42 Å². The molecule has 1 fully saturated rings. The monoisotopic (exact) mass is 350 g/mol. The van der Waals surface area contributed by atoms with Gasteiger partial charge in [0.2, 0.25) is 26.6 Å². The maximum Gasteiger partial charge on any atom is 0.236 e. The number of hydrogen-bond acceptors (Lipinski definition) is 6. The van der Waals surface area contributed by atoms with Gasteiger partial charge in [0.1, 0.15) is 0 Å². The van der Waals surface area contributed by atoms with Crippen molar-refractivity contribution in [1.82, 2.24) is 4.98 Å². The van der Waals surface area contributed by atoms with Crippen LogP contribution in [0.15, 0.2) is 44.7 Å². The zero-order chi connectivity index (χ0) is 17.4. The fraction of sp³-hybridized carbons (Fsp3) is 0.471. The van der Waals surface area contributed by atoms with Crippen LogP contribution in [0, 0.1) is 0 Å². The summed E-state index contributed by atoms with van der Waals surface area (Å²) in [5.41, 5.74) is -0.383. The van der Waals surface area contributed by atoms with Crippen molar-refractivity contribution in [2.75, 3.05) is 31.2 Å². The smallest absolute Gasteiger partial charge is 0.236 e. The summed E-state index contributed by atoms with van der Waals surface area (Å²) in [6.07, 6.45) is 0. The van der Waals surface area contributed by atoms with Gasteiger partial charge in [-0.1, -0.05) is 39.0 Å². The number of benzene rings is 1. The molecule has 6 nitrogen and oxygen atoms in total. The van der Waals surface area contributed by atoms with Gasteiger partial charge in [-0.2, -0.15) is 4.98 Å². The van der Waals surface area contributed by atoms with Crippen LogP contribution in [0.4, 0.5) is 5.88 Å². The van der Waals surface area contributed by atoms with E-state index in [4.69, 9.17) is 9.15 Å². The summed E-state index contributed by atoms with van der Waals surface area (Å²) in [6, 6.07) is 8.33. The molecule has 0 saturated carbocycles. The van der Waals surface area contributed by atoms with E-state index in [1.54, 1.807) is 30.3 Å². The number of morpholine rings is 1. The first-order valence-corrected chi connectivity index (χ1v) is 9.42. The number of hydrogen-bond donors (Lipinski definition) is 0. The number of nitrogens with zero attached hydrogens (tertiary/aromatic N) is 2. The second kappa shape index (κ2) is 6.22. The van der Waals surface area contributed by atoms with E-state index in [9.17, 15) is 8.42 Å². The highest BCUT2D eigenvalue weighted by Gasteiger charge is 2.34. The molecule has 2 aromatic rings. The van der Waals surface area contributed by atoms with Gasteiger partial charge < -0.3 is 14.1 Å². The average molecular weight is 350 g/mol. The number of sulfone groups is 1. The topological polar surface area (TPSA) is 72.6 Å². The van der Waals surface area contributed by atoms with E-state index in [0.717, 1.165) is 0 Å². The van der Waals surface area contributed by atoms with E-state index in [1.807, 2.05) is 25.7 Å². The molecule has 0 aliphatic carbocycles. The Morgan fingerprint density at radius 3 is 2.29 bits per heavy atom. The fourth-order valence-electron chi connectivity index (χ4n) is 2.47. The molecule has 0 amide bonds. The van der Waals surface area contributed by atoms with Crippen molar-refractivity contribution < 1.29 is 17.6 Å². The fourth-order valence-corrected chi connectivity index (χ4v) is 3.81. The molecular weight excluding hydrogens is 328 g/mol. The van der Waals surface area contributed by atoms with Gasteiger partial charge in [0.25, 0.3) is 0 Å². The lowest BCUT2D eigenvalue weighted by Gasteiger charge is -2.26. The standard InChI is InChI=1S/C17H22N2O4S/c1-17(2,3)16-18-14(15(23-16)19-9-11-22-12-10-19)24(20,21)13-7-5-4-6-8-13/h4-8H,9-12H2,1-3H3. The SMILES string of the molecule is CC(C)(C)c1nc(S(=O)(=O)c2ccccc2)c(N2CCOCC2)o1. The third-order valence-corrected chi connectivity index (χ3v) is 5.50. The Morgan fingerprint density at radius 1 is 1.08 bits per heavy atom. The molecule has 7 heteroatoms. The molecule has 24 heavy (non-hydrogen) atoms. The number of anilines is 1. The van der Waals surface area contributed by atoms with E-state index < -0.39 is 9.84 Å². The summed E-state index contributed by atoms with van der Waals surface area (Å²) < 4.78 is 37.4.